The Morgan fingerprint density at radius 2 is 1.67 bits per heavy atom. The quantitative estimate of drug-likeness (QED) is 0.581. The lowest BCUT2D eigenvalue weighted by Gasteiger charge is -2.09. The van der Waals surface area contributed by atoms with Crippen molar-refractivity contribution < 1.29 is 18.0 Å². The van der Waals surface area contributed by atoms with E-state index < -0.39 is 29.0 Å². The fourth-order valence-corrected chi connectivity index (χ4v) is 1.99. The van der Waals surface area contributed by atoms with Gasteiger partial charge in [0.1, 0.15) is 11.5 Å². The second-order valence-electron chi connectivity index (χ2n) is 4.04. The number of hydrogen-bond donors (Lipinski definition) is 3. The van der Waals surface area contributed by atoms with Gasteiger partial charge in [0, 0.05) is 10.0 Å². The van der Waals surface area contributed by atoms with E-state index in [0.29, 0.717) is 4.47 Å². The number of benzene rings is 2. The first kappa shape index (κ1) is 15.3. The standard InChI is InChI=1S/C13H9BrF3N3O/c14-7-1-2-8(15)11(5-7)19-13(21)6-3-9(16)12(20-18)10(17)4-6/h1-5,20H,18H2,(H,19,21). The summed E-state index contributed by atoms with van der Waals surface area (Å²) >= 11 is 3.12. The highest BCUT2D eigenvalue weighted by Gasteiger charge is 2.16. The molecule has 21 heavy (non-hydrogen) atoms. The van der Waals surface area contributed by atoms with E-state index in [1.807, 2.05) is 5.43 Å². The van der Waals surface area contributed by atoms with Crippen LogP contribution in [-0.2, 0) is 0 Å². The van der Waals surface area contributed by atoms with Crippen LogP contribution in [0.15, 0.2) is 34.8 Å². The molecule has 2 rings (SSSR count). The zero-order valence-electron chi connectivity index (χ0n) is 10.4. The van der Waals surface area contributed by atoms with Crippen molar-refractivity contribution in [1.82, 2.24) is 0 Å². The van der Waals surface area contributed by atoms with Crippen LogP contribution in [0, 0.1) is 17.5 Å². The van der Waals surface area contributed by atoms with Crippen molar-refractivity contribution in [3.8, 4) is 0 Å². The summed E-state index contributed by atoms with van der Waals surface area (Å²) in [5.74, 6) is 1.37. The number of carbonyl (C=O) groups is 1. The summed E-state index contributed by atoms with van der Waals surface area (Å²) in [7, 11) is 0. The van der Waals surface area contributed by atoms with E-state index >= 15 is 0 Å². The van der Waals surface area contributed by atoms with Gasteiger partial charge in [-0.2, -0.15) is 0 Å². The minimum Gasteiger partial charge on any atom is -0.319 e. The third-order valence-electron chi connectivity index (χ3n) is 2.63. The number of carbonyl (C=O) groups excluding carboxylic acids is 1. The molecule has 110 valence electrons. The number of anilines is 2. The van der Waals surface area contributed by atoms with Gasteiger partial charge in [0.05, 0.1) is 5.69 Å². The van der Waals surface area contributed by atoms with Crippen molar-refractivity contribution in [1.29, 1.82) is 0 Å². The summed E-state index contributed by atoms with van der Waals surface area (Å²) < 4.78 is 41.1. The number of amides is 1. The van der Waals surface area contributed by atoms with Gasteiger partial charge in [0.15, 0.2) is 11.6 Å². The molecule has 0 aromatic heterocycles. The zero-order chi connectivity index (χ0) is 15.6. The molecule has 0 unspecified atom stereocenters. The maximum atomic E-state index is 13.5. The molecular formula is C13H9BrF3N3O. The van der Waals surface area contributed by atoms with Gasteiger partial charge in [-0.3, -0.25) is 10.6 Å². The van der Waals surface area contributed by atoms with Gasteiger partial charge in [-0.25, -0.2) is 13.2 Å². The molecule has 0 aliphatic rings. The summed E-state index contributed by atoms with van der Waals surface area (Å²) in [4.78, 5) is 11.9. The first-order valence-corrected chi connectivity index (χ1v) is 6.43. The van der Waals surface area contributed by atoms with E-state index in [4.69, 9.17) is 5.84 Å². The van der Waals surface area contributed by atoms with Gasteiger partial charge in [-0.15, -0.1) is 0 Å². The molecule has 0 atom stereocenters. The third kappa shape index (κ3) is 3.34. The van der Waals surface area contributed by atoms with Crippen molar-refractivity contribution in [2.45, 2.75) is 0 Å². The van der Waals surface area contributed by atoms with Crippen LogP contribution < -0.4 is 16.6 Å². The Morgan fingerprint density at radius 1 is 1.05 bits per heavy atom. The van der Waals surface area contributed by atoms with E-state index in [2.05, 4.69) is 21.2 Å². The van der Waals surface area contributed by atoms with Crippen molar-refractivity contribution in [3.63, 3.8) is 0 Å². The topological polar surface area (TPSA) is 67.1 Å². The van der Waals surface area contributed by atoms with Crippen molar-refractivity contribution >= 4 is 33.2 Å². The Morgan fingerprint density at radius 3 is 2.24 bits per heavy atom. The van der Waals surface area contributed by atoms with Crippen LogP contribution in [0.25, 0.3) is 0 Å². The monoisotopic (exact) mass is 359 g/mol. The van der Waals surface area contributed by atoms with Gasteiger partial charge in [0.25, 0.3) is 5.91 Å². The number of hydrazine groups is 1. The molecule has 8 heteroatoms. The van der Waals surface area contributed by atoms with Gasteiger partial charge in [-0.05, 0) is 30.3 Å². The second kappa shape index (κ2) is 6.15. The average molecular weight is 360 g/mol. The molecule has 0 aliphatic heterocycles. The lowest BCUT2D eigenvalue weighted by molar-refractivity contribution is 0.102. The first-order chi connectivity index (χ1) is 9.92. The van der Waals surface area contributed by atoms with Gasteiger partial charge in [-0.1, -0.05) is 15.9 Å². The molecule has 0 spiro atoms. The molecule has 0 aliphatic carbocycles. The highest BCUT2D eigenvalue weighted by atomic mass is 79.9. The predicted octanol–water partition coefficient (Wildman–Crippen LogP) is 3.40. The van der Waals surface area contributed by atoms with Crippen LogP contribution in [0.2, 0.25) is 0 Å². The number of hydrogen-bond acceptors (Lipinski definition) is 3. The first-order valence-electron chi connectivity index (χ1n) is 5.64. The molecular weight excluding hydrogens is 351 g/mol. The third-order valence-corrected chi connectivity index (χ3v) is 3.12. The molecule has 0 heterocycles. The number of nitrogen functional groups attached to an aromatic ring is 1. The van der Waals surface area contributed by atoms with E-state index in [1.54, 1.807) is 0 Å². The fraction of sp³-hybridized carbons (Fsp3) is 0. The van der Waals surface area contributed by atoms with Crippen LogP contribution in [-0.4, -0.2) is 5.91 Å². The molecule has 0 fully saturated rings. The van der Waals surface area contributed by atoms with E-state index in [1.165, 1.54) is 12.1 Å². The fourth-order valence-electron chi connectivity index (χ4n) is 1.63. The van der Waals surface area contributed by atoms with Crippen LogP contribution in [0.4, 0.5) is 24.5 Å². The number of nitrogens with two attached hydrogens (primary N) is 1. The van der Waals surface area contributed by atoms with E-state index in [0.717, 1.165) is 18.2 Å². The summed E-state index contributed by atoms with van der Waals surface area (Å²) in [6.07, 6.45) is 0. The molecule has 2 aromatic rings. The lowest BCUT2D eigenvalue weighted by Crippen LogP contribution is -2.16. The molecule has 4 N–H and O–H groups in total. The van der Waals surface area contributed by atoms with Crippen LogP contribution in [0.1, 0.15) is 10.4 Å². The van der Waals surface area contributed by atoms with Gasteiger partial charge >= 0.3 is 0 Å². The van der Waals surface area contributed by atoms with Crippen molar-refractivity contribution in [3.05, 3.63) is 57.8 Å². The summed E-state index contributed by atoms with van der Waals surface area (Å²) in [6, 6.07) is 5.51. The van der Waals surface area contributed by atoms with Gasteiger partial charge in [0.2, 0.25) is 0 Å². The maximum absolute atomic E-state index is 13.5. The molecule has 0 saturated carbocycles. The van der Waals surface area contributed by atoms with Gasteiger partial charge < -0.3 is 10.7 Å². The summed E-state index contributed by atoms with van der Waals surface area (Å²) in [5, 5.41) is 2.23. The Hall–Kier alpha value is -2.06. The highest BCUT2D eigenvalue weighted by Crippen LogP contribution is 2.23. The highest BCUT2D eigenvalue weighted by molar-refractivity contribution is 9.10. The summed E-state index contributed by atoms with van der Waals surface area (Å²) in [5.41, 5.74) is 0.876. The van der Waals surface area contributed by atoms with Crippen LogP contribution in [0.3, 0.4) is 0 Å². The smallest absolute Gasteiger partial charge is 0.255 e. The SMILES string of the molecule is NNc1c(F)cc(C(=O)Nc2cc(Br)ccc2F)cc1F. The molecule has 0 saturated heterocycles. The number of nitrogens with one attached hydrogen (secondary N) is 2. The number of rotatable bonds is 3. The predicted molar refractivity (Wildman–Crippen MR) is 76.2 cm³/mol. The Balaban J connectivity index is 2.31. The minimum atomic E-state index is -1.03. The molecule has 1 amide bonds. The van der Waals surface area contributed by atoms with E-state index in [-0.39, 0.29) is 11.3 Å². The molecule has 4 nitrogen and oxygen atoms in total. The number of halogens is 4. The second-order valence-corrected chi connectivity index (χ2v) is 4.95. The lowest BCUT2D eigenvalue weighted by atomic mass is 10.1. The Bertz CT molecular complexity index is 686. The zero-order valence-corrected chi connectivity index (χ0v) is 12.0. The largest absolute Gasteiger partial charge is 0.319 e. The summed E-state index contributed by atoms with van der Waals surface area (Å²) in [6.45, 7) is 0. The Labute approximate surface area is 126 Å². The van der Waals surface area contributed by atoms with Crippen LogP contribution >= 0.6 is 15.9 Å². The van der Waals surface area contributed by atoms with E-state index in [9.17, 15) is 18.0 Å². The van der Waals surface area contributed by atoms with Crippen molar-refractivity contribution in [2.24, 2.45) is 5.84 Å². The molecule has 2 aromatic carbocycles. The maximum Gasteiger partial charge on any atom is 0.255 e. The molecule has 0 bridgehead atoms. The van der Waals surface area contributed by atoms with Crippen molar-refractivity contribution in [2.75, 3.05) is 10.7 Å². The molecule has 0 radical (unpaired) electrons. The van der Waals surface area contributed by atoms with Crippen LogP contribution in [0.5, 0.6) is 0 Å². The average Bonchev–Trinajstić information content (AvgIpc) is 2.42. The normalized spacial score (nSPS) is 10.3. The Kier molecular flexibility index (Phi) is 4.49. The minimum absolute atomic E-state index is 0.115.